The lowest BCUT2D eigenvalue weighted by molar-refractivity contribution is -0.137. The highest BCUT2D eigenvalue weighted by molar-refractivity contribution is 7.98. The van der Waals surface area contributed by atoms with Crippen molar-refractivity contribution >= 4 is 39.6 Å². The number of para-hydroxylation sites is 1. The van der Waals surface area contributed by atoms with Gasteiger partial charge >= 0.3 is 6.18 Å². The highest BCUT2D eigenvalue weighted by Gasteiger charge is 2.31. The van der Waals surface area contributed by atoms with Gasteiger partial charge in [-0.3, -0.25) is 9.36 Å². The normalized spacial score (nSPS) is 12.9. The Morgan fingerprint density at radius 2 is 1.87 bits per heavy atom. The second-order valence-corrected chi connectivity index (χ2v) is 9.24. The SMILES string of the molecule is Nc1ncnc2nc(SCc3nc4ccccc4c(=O)n3-c3cccc(C(F)(F)F)c3)n(C[C@@H](O)CO)c12. The van der Waals surface area contributed by atoms with E-state index in [2.05, 4.69) is 19.9 Å². The molecule has 0 fully saturated rings. The molecule has 3 heterocycles. The van der Waals surface area contributed by atoms with Gasteiger partial charge in [-0.2, -0.15) is 13.2 Å². The van der Waals surface area contributed by atoms with E-state index in [4.69, 9.17) is 5.73 Å². The Morgan fingerprint density at radius 3 is 2.63 bits per heavy atom. The summed E-state index contributed by atoms with van der Waals surface area (Å²) in [6.07, 6.45) is -4.49. The van der Waals surface area contributed by atoms with Crippen LogP contribution in [0.5, 0.6) is 0 Å². The fourth-order valence-electron chi connectivity index (χ4n) is 4.01. The number of imidazole rings is 1. The molecule has 14 heteroatoms. The van der Waals surface area contributed by atoms with Crippen LogP contribution in [0, 0.1) is 0 Å². The van der Waals surface area contributed by atoms with Crippen molar-refractivity contribution in [2.45, 2.75) is 29.7 Å². The third-order valence-electron chi connectivity index (χ3n) is 5.74. The number of nitrogen functional groups attached to an aromatic ring is 1. The Hall–Kier alpha value is -4.01. The quantitative estimate of drug-likeness (QED) is 0.264. The van der Waals surface area contributed by atoms with Crippen molar-refractivity contribution in [3.8, 4) is 5.69 Å². The number of hydrogen-bond acceptors (Lipinski definition) is 9. The minimum atomic E-state index is -4.60. The van der Waals surface area contributed by atoms with E-state index in [1.54, 1.807) is 28.8 Å². The van der Waals surface area contributed by atoms with Gasteiger partial charge in [0.2, 0.25) is 0 Å². The van der Waals surface area contributed by atoms with Gasteiger partial charge in [0.25, 0.3) is 5.56 Å². The molecule has 10 nitrogen and oxygen atoms in total. The lowest BCUT2D eigenvalue weighted by Gasteiger charge is -2.16. The van der Waals surface area contributed by atoms with Crippen LogP contribution in [-0.2, 0) is 18.5 Å². The predicted molar refractivity (Wildman–Crippen MR) is 135 cm³/mol. The number of alkyl halides is 3. The first-order chi connectivity index (χ1) is 18.2. The average Bonchev–Trinajstić information content (AvgIpc) is 3.25. The highest BCUT2D eigenvalue weighted by atomic mass is 32.2. The van der Waals surface area contributed by atoms with Gasteiger partial charge in [0.05, 0.1) is 47.2 Å². The first-order valence-corrected chi connectivity index (χ1v) is 12.2. The van der Waals surface area contributed by atoms with Gasteiger partial charge in [-0.1, -0.05) is 30.0 Å². The molecule has 0 saturated heterocycles. The Morgan fingerprint density at radius 1 is 1.08 bits per heavy atom. The zero-order chi connectivity index (χ0) is 27.0. The van der Waals surface area contributed by atoms with Crippen LogP contribution >= 0.6 is 11.8 Å². The Labute approximate surface area is 216 Å². The minimum absolute atomic E-state index is 0.0120. The van der Waals surface area contributed by atoms with Crippen LogP contribution in [0.2, 0.25) is 0 Å². The van der Waals surface area contributed by atoms with Crippen molar-refractivity contribution < 1.29 is 23.4 Å². The molecule has 0 aliphatic heterocycles. The molecular weight excluding hydrogens is 523 g/mol. The fraction of sp³-hybridized carbons (Fsp3) is 0.208. The largest absolute Gasteiger partial charge is 0.416 e. The van der Waals surface area contributed by atoms with Gasteiger partial charge in [0.1, 0.15) is 17.7 Å². The van der Waals surface area contributed by atoms with Gasteiger partial charge in [-0.25, -0.2) is 19.9 Å². The number of rotatable bonds is 7. The van der Waals surface area contributed by atoms with Crippen molar-refractivity contribution in [3.63, 3.8) is 0 Å². The standard InChI is InChI=1S/C24H20F3N7O3S/c25-24(26,27)13-4-3-5-14(8-13)34-18(31-17-7-2-1-6-16(17)22(34)37)11-38-23-32-21-19(20(28)29-12-30-21)33(23)9-15(36)10-35/h1-8,12,15,35-36H,9-11H2,(H2,28,29,30)/t15-/m1/s1. The van der Waals surface area contributed by atoms with Crippen molar-refractivity contribution in [2.75, 3.05) is 12.3 Å². The van der Waals surface area contributed by atoms with Crippen LogP contribution in [-0.4, -0.2) is 52.0 Å². The zero-order valence-corrected chi connectivity index (χ0v) is 20.3. The summed E-state index contributed by atoms with van der Waals surface area (Å²) in [5.41, 5.74) is 5.59. The van der Waals surface area contributed by atoms with Gasteiger partial charge in [-0.05, 0) is 30.3 Å². The van der Waals surface area contributed by atoms with E-state index < -0.39 is 30.0 Å². The van der Waals surface area contributed by atoms with Crippen molar-refractivity contribution in [3.05, 3.63) is 76.6 Å². The first-order valence-electron chi connectivity index (χ1n) is 11.2. The summed E-state index contributed by atoms with van der Waals surface area (Å²) >= 11 is 1.11. The Kier molecular flexibility index (Phi) is 6.77. The lowest BCUT2D eigenvalue weighted by Crippen LogP contribution is -2.24. The molecule has 0 aliphatic rings. The number of aromatic nitrogens is 6. The molecule has 0 aliphatic carbocycles. The van der Waals surface area contributed by atoms with Crippen LogP contribution in [0.25, 0.3) is 27.8 Å². The second-order valence-electron chi connectivity index (χ2n) is 8.30. The molecule has 3 aromatic heterocycles. The maximum absolute atomic E-state index is 13.5. The summed E-state index contributed by atoms with van der Waals surface area (Å²) in [7, 11) is 0. The Balaban J connectivity index is 1.63. The summed E-state index contributed by atoms with van der Waals surface area (Å²) in [6, 6.07) is 11.0. The first kappa shape index (κ1) is 25.6. The fourth-order valence-corrected chi connectivity index (χ4v) is 4.93. The van der Waals surface area contributed by atoms with E-state index in [9.17, 15) is 28.2 Å². The summed E-state index contributed by atoms with van der Waals surface area (Å²) in [5.74, 6) is 0.310. The second kappa shape index (κ2) is 10.0. The summed E-state index contributed by atoms with van der Waals surface area (Å²) in [6.45, 7) is -0.586. The van der Waals surface area contributed by atoms with Crippen LogP contribution in [0.15, 0.2) is 64.8 Å². The maximum Gasteiger partial charge on any atom is 0.416 e. The monoisotopic (exact) mass is 543 g/mol. The predicted octanol–water partition coefficient (Wildman–Crippen LogP) is 2.77. The third kappa shape index (κ3) is 4.80. The van der Waals surface area contributed by atoms with Crippen LogP contribution in [0.4, 0.5) is 19.0 Å². The molecule has 0 amide bonds. The molecule has 5 aromatic rings. The summed E-state index contributed by atoms with van der Waals surface area (Å²) in [4.78, 5) is 30.6. The van der Waals surface area contributed by atoms with E-state index in [0.717, 1.165) is 28.5 Å². The molecule has 1 atom stereocenters. The van der Waals surface area contributed by atoms with Crippen LogP contribution in [0.1, 0.15) is 11.4 Å². The molecule has 0 unspecified atom stereocenters. The number of aliphatic hydroxyl groups excluding tert-OH is 2. The van der Waals surface area contributed by atoms with E-state index in [0.29, 0.717) is 16.2 Å². The van der Waals surface area contributed by atoms with E-state index in [-0.39, 0.29) is 40.7 Å². The highest BCUT2D eigenvalue weighted by Crippen LogP contribution is 2.32. The number of aliphatic hydroxyl groups is 2. The number of benzene rings is 2. The van der Waals surface area contributed by atoms with E-state index >= 15 is 0 Å². The average molecular weight is 544 g/mol. The molecular formula is C24H20F3N7O3S. The van der Waals surface area contributed by atoms with Crippen LogP contribution < -0.4 is 11.3 Å². The van der Waals surface area contributed by atoms with Crippen LogP contribution in [0.3, 0.4) is 0 Å². The van der Waals surface area contributed by atoms with Gasteiger partial charge in [0, 0.05) is 0 Å². The molecule has 4 N–H and O–H groups in total. The van der Waals surface area contributed by atoms with Gasteiger partial charge in [0.15, 0.2) is 16.6 Å². The Bertz CT molecular complexity index is 1700. The number of fused-ring (bicyclic) bond motifs is 2. The summed E-state index contributed by atoms with van der Waals surface area (Å²) < 4.78 is 43.0. The number of nitrogens with two attached hydrogens (primary N) is 1. The molecule has 38 heavy (non-hydrogen) atoms. The number of halogens is 3. The van der Waals surface area contributed by atoms with Gasteiger partial charge < -0.3 is 20.5 Å². The molecule has 196 valence electrons. The lowest BCUT2D eigenvalue weighted by atomic mass is 10.2. The number of thioether (sulfide) groups is 1. The molecule has 0 saturated carbocycles. The topological polar surface area (TPSA) is 145 Å². The van der Waals surface area contributed by atoms with Crippen molar-refractivity contribution in [2.24, 2.45) is 0 Å². The summed E-state index contributed by atoms with van der Waals surface area (Å²) in [5, 5.41) is 20.0. The number of nitrogens with zero attached hydrogens (tertiary/aromatic N) is 6. The maximum atomic E-state index is 13.5. The van der Waals surface area contributed by atoms with Crippen molar-refractivity contribution in [1.29, 1.82) is 0 Å². The van der Waals surface area contributed by atoms with E-state index in [1.807, 2.05) is 0 Å². The van der Waals surface area contributed by atoms with E-state index in [1.165, 1.54) is 18.5 Å². The van der Waals surface area contributed by atoms with Gasteiger partial charge in [-0.15, -0.1) is 0 Å². The number of anilines is 1. The molecule has 0 spiro atoms. The minimum Gasteiger partial charge on any atom is -0.394 e. The van der Waals surface area contributed by atoms with Crippen molar-refractivity contribution in [1.82, 2.24) is 29.1 Å². The molecule has 0 radical (unpaired) electrons. The molecule has 5 rings (SSSR count). The molecule has 2 aromatic carbocycles. The number of hydrogen-bond donors (Lipinski definition) is 3. The smallest absolute Gasteiger partial charge is 0.394 e. The third-order valence-corrected chi connectivity index (χ3v) is 6.72. The zero-order valence-electron chi connectivity index (χ0n) is 19.5. The molecule has 0 bridgehead atoms.